The SMILES string of the molecule is CC1C(=O)OC2CC3(C)OC3C(O)C(N3CCCCC3)C3C=C(OC3=O)C21. The number of esters is 2. The van der Waals surface area contributed by atoms with E-state index in [1.54, 1.807) is 0 Å². The topological polar surface area (TPSA) is 88.6 Å². The van der Waals surface area contributed by atoms with Crippen LogP contribution in [-0.4, -0.2) is 65.0 Å². The Morgan fingerprint density at radius 3 is 2.67 bits per heavy atom. The van der Waals surface area contributed by atoms with Crippen molar-refractivity contribution < 1.29 is 28.9 Å². The fourth-order valence-electron chi connectivity index (χ4n) is 5.58. The Labute approximate surface area is 158 Å². The van der Waals surface area contributed by atoms with Crippen molar-refractivity contribution >= 4 is 11.9 Å². The second-order valence-electron chi connectivity index (χ2n) is 8.94. The van der Waals surface area contributed by atoms with E-state index in [0.29, 0.717) is 12.2 Å². The zero-order valence-electron chi connectivity index (χ0n) is 15.8. The minimum atomic E-state index is -0.785. The second-order valence-corrected chi connectivity index (χ2v) is 8.94. The molecule has 0 radical (unpaired) electrons. The Morgan fingerprint density at radius 1 is 1.19 bits per heavy atom. The van der Waals surface area contributed by atoms with E-state index in [4.69, 9.17) is 14.2 Å². The largest absolute Gasteiger partial charge is 0.461 e. The summed E-state index contributed by atoms with van der Waals surface area (Å²) in [5.41, 5.74) is -0.541. The summed E-state index contributed by atoms with van der Waals surface area (Å²) < 4.78 is 17.2. The first kappa shape index (κ1) is 17.6. The summed E-state index contributed by atoms with van der Waals surface area (Å²) in [5.74, 6) is -1.24. The van der Waals surface area contributed by atoms with Crippen molar-refractivity contribution in [1.29, 1.82) is 0 Å². The van der Waals surface area contributed by atoms with Crippen molar-refractivity contribution in [3.63, 3.8) is 0 Å². The van der Waals surface area contributed by atoms with Crippen LogP contribution in [0.25, 0.3) is 0 Å². The van der Waals surface area contributed by atoms with Gasteiger partial charge < -0.3 is 19.3 Å². The van der Waals surface area contributed by atoms with E-state index in [2.05, 4.69) is 4.90 Å². The molecule has 3 fully saturated rings. The molecule has 8 unspecified atom stereocenters. The molecular weight excluding hydrogens is 350 g/mol. The van der Waals surface area contributed by atoms with Gasteiger partial charge in [-0.3, -0.25) is 14.5 Å². The summed E-state index contributed by atoms with van der Waals surface area (Å²) in [7, 11) is 0. The highest BCUT2D eigenvalue weighted by Gasteiger charge is 2.64. The quantitative estimate of drug-likeness (QED) is 0.539. The molecule has 1 aliphatic carbocycles. The van der Waals surface area contributed by atoms with Gasteiger partial charge in [0.2, 0.25) is 0 Å². The van der Waals surface area contributed by atoms with Crippen LogP contribution < -0.4 is 0 Å². The summed E-state index contributed by atoms with van der Waals surface area (Å²) in [6.45, 7) is 5.51. The van der Waals surface area contributed by atoms with Gasteiger partial charge in [-0.15, -0.1) is 0 Å². The highest BCUT2D eigenvalue weighted by Crippen LogP contribution is 2.51. The molecule has 4 aliphatic heterocycles. The van der Waals surface area contributed by atoms with E-state index in [1.807, 2.05) is 19.9 Å². The molecule has 7 heteroatoms. The summed E-state index contributed by atoms with van der Waals surface area (Å²) in [5, 5.41) is 11.2. The first-order chi connectivity index (χ1) is 12.9. The van der Waals surface area contributed by atoms with Crippen molar-refractivity contribution in [3.8, 4) is 0 Å². The van der Waals surface area contributed by atoms with Crippen LogP contribution in [0.2, 0.25) is 0 Å². The van der Waals surface area contributed by atoms with Crippen LogP contribution in [0.4, 0.5) is 0 Å². The third-order valence-corrected chi connectivity index (χ3v) is 7.13. The van der Waals surface area contributed by atoms with Crippen molar-refractivity contribution in [3.05, 3.63) is 11.8 Å². The van der Waals surface area contributed by atoms with E-state index in [0.717, 1.165) is 25.9 Å². The van der Waals surface area contributed by atoms with Gasteiger partial charge in [0.05, 0.1) is 35.5 Å². The van der Waals surface area contributed by atoms with Gasteiger partial charge in [0.1, 0.15) is 18.0 Å². The Kier molecular flexibility index (Phi) is 3.94. The van der Waals surface area contributed by atoms with Crippen molar-refractivity contribution in [2.45, 2.75) is 69.5 Å². The van der Waals surface area contributed by atoms with Crippen molar-refractivity contribution in [2.24, 2.45) is 17.8 Å². The molecule has 148 valence electrons. The lowest BCUT2D eigenvalue weighted by Gasteiger charge is -2.39. The van der Waals surface area contributed by atoms with Crippen LogP contribution in [0.5, 0.6) is 0 Å². The molecule has 0 spiro atoms. The van der Waals surface area contributed by atoms with E-state index in [1.165, 1.54) is 6.42 Å². The number of ether oxygens (including phenoxy) is 3. The average molecular weight is 377 g/mol. The number of likely N-dealkylation sites (tertiary alicyclic amines) is 1. The third kappa shape index (κ3) is 2.66. The van der Waals surface area contributed by atoms with Gasteiger partial charge in [0.15, 0.2) is 0 Å². The van der Waals surface area contributed by atoms with E-state index >= 15 is 0 Å². The van der Waals surface area contributed by atoms with Crippen molar-refractivity contribution in [1.82, 2.24) is 4.90 Å². The summed E-state index contributed by atoms with van der Waals surface area (Å²) >= 11 is 0. The van der Waals surface area contributed by atoms with Crippen LogP contribution in [0.3, 0.4) is 0 Å². The molecule has 8 atom stereocenters. The zero-order chi connectivity index (χ0) is 18.9. The summed E-state index contributed by atoms with van der Waals surface area (Å²) in [6, 6.07) is -0.355. The number of hydrogen-bond donors (Lipinski definition) is 1. The van der Waals surface area contributed by atoms with Crippen LogP contribution in [0.1, 0.15) is 39.5 Å². The molecule has 27 heavy (non-hydrogen) atoms. The first-order valence-corrected chi connectivity index (χ1v) is 10.1. The molecule has 5 rings (SSSR count). The number of aliphatic hydroxyl groups is 1. The smallest absolute Gasteiger partial charge is 0.319 e. The number of hydrogen-bond acceptors (Lipinski definition) is 7. The number of rotatable bonds is 1. The fourth-order valence-corrected chi connectivity index (χ4v) is 5.58. The van der Waals surface area contributed by atoms with E-state index in [9.17, 15) is 14.7 Å². The summed E-state index contributed by atoms with van der Waals surface area (Å²) in [4.78, 5) is 27.2. The summed E-state index contributed by atoms with van der Waals surface area (Å²) in [6.07, 6.45) is 4.11. The predicted molar refractivity (Wildman–Crippen MR) is 93.3 cm³/mol. The molecule has 5 aliphatic rings. The molecule has 0 aromatic rings. The maximum absolute atomic E-state index is 12.8. The Balaban J connectivity index is 1.55. The molecule has 0 amide bonds. The number of fused-ring (bicyclic) bond motifs is 4. The first-order valence-electron chi connectivity index (χ1n) is 10.1. The van der Waals surface area contributed by atoms with Crippen LogP contribution in [-0.2, 0) is 23.8 Å². The number of epoxide rings is 1. The lowest BCUT2D eigenvalue weighted by molar-refractivity contribution is -0.145. The van der Waals surface area contributed by atoms with Gasteiger partial charge in [0, 0.05) is 6.42 Å². The number of carbonyl (C=O) groups is 2. The maximum atomic E-state index is 12.8. The van der Waals surface area contributed by atoms with Gasteiger partial charge in [-0.1, -0.05) is 13.3 Å². The lowest BCUT2D eigenvalue weighted by atomic mass is 9.80. The minimum Gasteiger partial charge on any atom is -0.461 e. The highest BCUT2D eigenvalue weighted by molar-refractivity contribution is 5.81. The molecule has 0 aromatic heterocycles. The lowest BCUT2D eigenvalue weighted by Crippen LogP contribution is -2.54. The zero-order valence-corrected chi connectivity index (χ0v) is 15.8. The monoisotopic (exact) mass is 377 g/mol. The van der Waals surface area contributed by atoms with Crippen LogP contribution >= 0.6 is 0 Å². The standard InChI is InChI=1S/C20H27NO6/c1-10-14-12-8-11(19(24)25-12)15(21-6-4-3-5-7-21)16(22)17-20(2,27-17)9-13(14)26-18(10)23/h8,10-11,13-17,22H,3-7,9H2,1-2H3. The fraction of sp³-hybridized carbons (Fsp3) is 0.800. The molecule has 4 heterocycles. The maximum Gasteiger partial charge on any atom is 0.319 e. The molecule has 3 saturated heterocycles. The average Bonchev–Trinajstić information content (AvgIpc) is 3.05. The molecule has 7 nitrogen and oxygen atoms in total. The number of nitrogens with zero attached hydrogens (tertiary/aromatic N) is 1. The Bertz CT molecular complexity index is 701. The Hall–Kier alpha value is -1.44. The third-order valence-electron chi connectivity index (χ3n) is 7.13. The van der Waals surface area contributed by atoms with Gasteiger partial charge in [0.25, 0.3) is 0 Å². The minimum absolute atomic E-state index is 0.265. The molecule has 0 saturated carbocycles. The molecule has 2 bridgehead atoms. The van der Waals surface area contributed by atoms with Crippen LogP contribution in [0.15, 0.2) is 11.8 Å². The molecular formula is C20H27NO6. The Morgan fingerprint density at radius 2 is 1.93 bits per heavy atom. The normalized spacial score (nSPS) is 49.6. The number of piperidine rings is 1. The van der Waals surface area contributed by atoms with Gasteiger partial charge in [-0.05, 0) is 38.9 Å². The van der Waals surface area contributed by atoms with E-state index in [-0.39, 0.29) is 42.0 Å². The van der Waals surface area contributed by atoms with Gasteiger partial charge in [-0.2, -0.15) is 0 Å². The van der Waals surface area contributed by atoms with E-state index < -0.39 is 17.6 Å². The van der Waals surface area contributed by atoms with Gasteiger partial charge >= 0.3 is 11.9 Å². The molecule has 0 aromatic carbocycles. The number of aliphatic hydroxyl groups excluding tert-OH is 1. The van der Waals surface area contributed by atoms with Crippen molar-refractivity contribution in [2.75, 3.05) is 13.1 Å². The predicted octanol–water partition coefficient (Wildman–Crippen LogP) is 0.998. The highest BCUT2D eigenvalue weighted by atomic mass is 16.6. The van der Waals surface area contributed by atoms with Crippen LogP contribution in [0, 0.1) is 17.8 Å². The number of carbonyl (C=O) groups excluding carboxylic acids is 2. The van der Waals surface area contributed by atoms with Gasteiger partial charge in [-0.25, -0.2) is 0 Å². The molecule has 1 N–H and O–H groups in total. The second kappa shape index (κ2) is 6.03.